The maximum atomic E-state index is 13.1. The largest absolute Gasteiger partial charge is 0.497 e. The summed E-state index contributed by atoms with van der Waals surface area (Å²) in [7, 11) is 3.42. The molecule has 2 N–H and O–H groups in total. The Kier molecular flexibility index (Phi) is 6.12. The molecule has 4 amide bonds. The molecule has 5 rings (SSSR count). The average Bonchev–Trinajstić information content (AvgIpc) is 3.51. The number of ether oxygens (including phenoxy) is 1. The second-order valence-corrected chi connectivity index (χ2v) is 8.92. The number of amides is 4. The predicted molar refractivity (Wildman–Crippen MR) is 134 cm³/mol. The standard InChI is InChI=1S/C26H26N6O5/c1-14-24(15(2)31(3)30-14)20-9-22-17(10-27-20)7-23(37-22)21(29-26(35)28-13-33)12-32-11-16-5-6-18(36-4)8-19(16)25(32)34/h5-10,13,21H,11-12H2,1-4H3,(H2,28,29,33,35)/t21-/m0/s1. The van der Waals surface area contributed by atoms with Crippen molar-refractivity contribution in [2.24, 2.45) is 7.05 Å². The third kappa shape index (κ3) is 4.39. The number of pyridine rings is 1. The lowest BCUT2D eigenvalue weighted by Gasteiger charge is -2.23. The van der Waals surface area contributed by atoms with E-state index < -0.39 is 12.1 Å². The van der Waals surface area contributed by atoms with Gasteiger partial charge in [-0.2, -0.15) is 5.10 Å². The monoisotopic (exact) mass is 502 g/mol. The topological polar surface area (TPSA) is 132 Å². The Morgan fingerprint density at radius 3 is 2.78 bits per heavy atom. The Balaban J connectivity index is 1.47. The third-order valence-electron chi connectivity index (χ3n) is 6.62. The van der Waals surface area contributed by atoms with Crippen LogP contribution in [0.2, 0.25) is 0 Å². The van der Waals surface area contributed by atoms with Crippen LogP contribution < -0.4 is 15.4 Å². The van der Waals surface area contributed by atoms with Crippen molar-refractivity contribution in [3.63, 3.8) is 0 Å². The zero-order valence-electron chi connectivity index (χ0n) is 20.9. The van der Waals surface area contributed by atoms with Crippen molar-refractivity contribution in [2.75, 3.05) is 13.7 Å². The second-order valence-electron chi connectivity index (χ2n) is 8.92. The van der Waals surface area contributed by atoms with E-state index in [9.17, 15) is 14.4 Å². The summed E-state index contributed by atoms with van der Waals surface area (Å²) in [6.07, 6.45) is 2.00. The van der Waals surface area contributed by atoms with E-state index in [1.165, 1.54) is 0 Å². The summed E-state index contributed by atoms with van der Waals surface area (Å²) in [4.78, 5) is 42.4. The fourth-order valence-electron chi connectivity index (χ4n) is 4.70. The van der Waals surface area contributed by atoms with Crippen LogP contribution in [0.1, 0.15) is 39.1 Å². The molecule has 11 heteroatoms. The molecule has 11 nitrogen and oxygen atoms in total. The Bertz CT molecular complexity index is 1540. The first-order valence-corrected chi connectivity index (χ1v) is 11.7. The SMILES string of the molecule is COc1ccc2c(c1)C(=O)N(C[C@H](NC(=O)NC=O)c1cc3cnc(-c4c(C)nn(C)c4C)cc3o1)C2. The molecular formula is C26H26N6O5. The molecule has 1 atom stereocenters. The zero-order valence-corrected chi connectivity index (χ0v) is 20.9. The van der Waals surface area contributed by atoms with Gasteiger partial charge in [0.2, 0.25) is 6.41 Å². The van der Waals surface area contributed by atoms with Crippen LogP contribution in [0.25, 0.3) is 22.2 Å². The molecule has 1 aliphatic rings. The van der Waals surface area contributed by atoms with E-state index in [1.807, 2.05) is 33.0 Å². The fraction of sp³-hybridized carbons (Fsp3) is 0.269. The van der Waals surface area contributed by atoms with E-state index in [2.05, 4.69) is 20.7 Å². The number of imide groups is 1. The van der Waals surface area contributed by atoms with Crippen LogP contribution in [0, 0.1) is 13.8 Å². The lowest BCUT2D eigenvalue weighted by atomic mass is 10.1. The highest BCUT2D eigenvalue weighted by atomic mass is 16.5. The van der Waals surface area contributed by atoms with Crippen LogP contribution in [0.4, 0.5) is 4.79 Å². The number of carbonyl (C=O) groups is 3. The van der Waals surface area contributed by atoms with Crippen molar-refractivity contribution >= 4 is 29.3 Å². The number of carbonyl (C=O) groups excluding carboxylic acids is 3. The Morgan fingerprint density at radius 2 is 2.08 bits per heavy atom. The molecule has 190 valence electrons. The first-order valence-electron chi connectivity index (χ1n) is 11.7. The highest BCUT2D eigenvalue weighted by Gasteiger charge is 2.32. The Hall–Kier alpha value is -4.67. The van der Waals surface area contributed by atoms with Gasteiger partial charge in [-0.15, -0.1) is 0 Å². The first-order chi connectivity index (χ1) is 17.8. The molecule has 1 aliphatic heterocycles. The zero-order chi connectivity index (χ0) is 26.3. The van der Waals surface area contributed by atoms with Crippen LogP contribution in [0.5, 0.6) is 5.75 Å². The quantitative estimate of drug-likeness (QED) is 0.371. The molecule has 0 bridgehead atoms. The van der Waals surface area contributed by atoms with Crippen molar-refractivity contribution in [3.8, 4) is 17.0 Å². The van der Waals surface area contributed by atoms with Crippen LogP contribution >= 0.6 is 0 Å². The molecule has 37 heavy (non-hydrogen) atoms. The maximum Gasteiger partial charge on any atom is 0.321 e. The number of nitrogens with zero attached hydrogens (tertiary/aromatic N) is 4. The summed E-state index contributed by atoms with van der Waals surface area (Å²) < 4.78 is 13.2. The number of hydrogen-bond acceptors (Lipinski definition) is 7. The highest BCUT2D eigenvalue weighted by Crippen LogP contribution is 2.32. The summed E-state index contributed by atoms with van der Waals surface area (Å²) >= 11 is 0. The number of hydrogen-bond donors (Lipinski definition) is 2. The molecule has 1 aromatic carbocycles. The summed E-state index contributed by atoms with van der Waals surface area (Å²) in [5, 5.41) is 10.0. The van der Waals surface area contributed by atoms with Crippen molar-refractivity contribution in [1.82, 2.24) is 30.3 Å². The van der Waals surface area contributed by atoms with E-state index >= 15 is 0 Å². The molecule has 0 saturated heterocycles. The van der Waals surface area contributed by atoms with E-state index in [0.29, 0.717) is 35.6 Å². The smallest absolute Gasteiger partial charge is 0.321 e. The normalized spacial score (nSPS) is 13.5. The van der Waals surface area contributed by atoms with Gasteiger partial charge in [0.25, 0.3) is 5.91 Å². The number of furan rings is 1. The molecule has 0 aliphatic carbocycles. The van der Waals surface area contributed by atoms with Gasteiger partial charge < -0.3 is 19.4 Å². The molecule has 0 unspecified atom stereocenters. The minimum absolute atomic E-state index is 0.128. The summed E-state index contributed by atoms with van der Waals surface area (Å²) in [5.41, 5.74) is 5.47. The minimum Gasteiger partial charge on any atom is -0.497 e. The maximum absolute atomic E-state index is 13.1. The van der Waals surface area contributed by atoms with Crippen LogP contribution in [-0.2, 0) is 18.4 Å². The molecule has 4 heterocycles. The molecular weight excluding hydrogens is 476 g/mol. The van der Waals surface area contributed by atoms with Gasteiger partial charge in [-0.1, -0.05) is 6.07 Å². The molecule has 0 radical (unpaired) electrons. The fourth-order valence-corrected chi connectivity index (χ4v) is 4.70. The van der Waals surface area contributed by atoms with Crippen LogP contribution in [0.15, 0.2) is 40.9 Å². The van der Waals surface area contributed by atoms with E-state index in [1.54, 1.807) is 41.1 Å². The van der Waals surface area contributed by atoms with Crippen molar-refractivity contribution in [1.29, 1.82) is 0 Å². The van der Waals surface area contributed by atoms with E-state index in [-0.39, 0.29) is 12.5 Å². The summed E-state index contributed by atoms with van der Waals surface area (Å²) in [5.74, 6) is 0.837. The predicted octanol–water partition coefficient (Wildman–Crippen LogP) is 3.01. The van der Waals surface area contributed by atoms with Crippen LogP contribution in [-0.4, -0.2) is 51.7 Å². The minimum atomic E-state index is -0.724. The number of aromatic nitrogens is 3. The van der Waals surface area contributed by atoms with Crippen molar-refractivity contribution in [2.45, 2.75) is 26.4 Å². The molecule has 4 aromatic rings. The number of benzene rings is 1. The van der Waals surface area contributed by atoms with Gasteiger partial charge in [-0.05, 0) is 37.6 Å². The van der Waals surface area contributed by atoms with Gasteiger partial charge in [0.15, 0.2) is 0 Å². The van der Waals surface area contributed by atoms with Gasteiger partial charge in [0.1, 0.15) is 23.1 Å². The number of urea groups is 1. The van der Waals surface area contributed by atoms with E-state index in [0.717, 1.165) is 33.6 Å². The summed E-state index contributed by atoms with van der Waals surface area (Å²) in [6, 6.07) is 7.54. The number of fused-ring (bicyclic) bond motifs is 2. The highest BCUT2D eigenvalue weighted by molar-refractivity contribution is 5.98. The lowest BCUT2D eigenvalue weighted by molar-refractivity contribution is -0.108. The van der Waals surface area contributed by atoms with Gasteiger partial charge in [-0.3, -0.25) is 24.6 Å². The van der Waals surface area contributed by atoms with Gasteiger partial charge in [-0.25, -0.2) is 4.79 Å². The molecule has 3 aromatic heterocycles. The Morgan fingerprint density at radius 1 is 1.27 bits per heavy atom. The second kappa shape index (κ2) is 9.41. The van der Waals surface area contributed by atoms with Crippen molar-refractivity contribution < 1.29 is 23.5 Å². The number of aryl methyl sites for hydroxylation is 2. The number of rotatable bonds is 7. The number of methoxy groups -OCH3 is 1. The molecule has 0 fully saturated rings. The van der Waals surface area contributed by atoms with Gasteiger partial charge >= 0.3 is 6.03 Å². The van der Waals surface area contributed by atoms with Gasteiger partial charge in [0.05, 0.1) is 18.5 Å². The Labute approximate surface area is 212 Å². The lowest BCUT2D eigenvalue weighted by Crippen LogP contribution is -2.42. The van der Waals surface area contributed by atoms with Crippen molar-refractivity contribution in [3.05, 3.63) is 64.8 Å². The number of nitrogens with one attached hydrogen (secondary N) is 2. The molecule has 0 spiro atoms. The third-order valence-corrected chi connectivity index (χ3v) is 6.62. The van der Waals surface area contributed by atoms with Crippen LogP contribution in [0.3, 0.4) is 0 Å². The molecule has 0 saturated carbocycles. The average molecular weight is 503 g/mol. The van der Waals surface area contributed by atoms with E-state index in [4.69, 9.17) is 9.15 Å². The van der Waals surface area contributed by atoms with Gasteiger partial charge in [0, 0.05) is 54.6 Å². The first kappa shape index (κ1) is 24.0. The summed E-state index contributed by atoms with van der Waals surface area (Å²) in [6.45, 7) is 4.40.